The lowest BCUT2D eigenvalue weighted by molar-refractivity contribution is 0.0690. The first-order chi connectivity index (χ1) is 8.34. The zero-order chi connectivity index (χ0) is 11.7. The summed E-state index contributed by atoms with van der Waals surface area (Å²) >= 11 is 1.85. The van der Waals surface area contributed by atoms with Crippen molar-refractivity contribution in [3.63, 3.8) is 0 Å². The van der Waals surface area contributed by atoms with E-state index in [1.807, 2.05) is 11.8 Å². The van der Waals surface area contributed by atoms with Crippen molar-refractivity contribution in [2.75, 3.05) is 18.1 Å². The van der Waals surface area contributed by atoms with Crippen molar-refractivity contribution < 1.29 is 4.74 Å². The minimum Gasteiger partial charge on any atom is -0.369 e. The average molecular weight is 252 g/mol. The number of thioether (sulfide) groups is 1. The Kier molecular flexibility index (Phi) is 3.20. The number of nitrogens with zero attached hydrogens (tertiary/aromatic N) is 1. The molecule has 0 spiro atoms. The van der Waals surface area contributed by atoms with Gasteiger partial charge in [-0.25, -0.2) is 4.98 Å². The van der Waals surface area contributed by atoms with Crippen LogP contribution in [0, 0.1) is 0 Å². The molecular formula is C12H16N2O2S. The quantitative estimate of drug-likeness (QED) is 0.822. The maximum Gasteiger partial charge on any atom is 0.254 e. The number of aromatic amines is 1. The third-order valence-electron chi connectivity index (χ3n) is 3.33. The van der Waals surface area contributed by atoms with E-state index >= 15 is 0 Å². The summed E-state index contributed by atoms with van der Waals surface area (Å²) in [5, 5.41) is 0. The first kappa shape index (κ1) is 11.3. The van der Waals surface area contributed by atoms with E-state index in [0.717, 1.165) is 60.9 Å². The number of H-pyrrole nitrogens is 1. The van der Waals surface area contributed by atoms with E-state index in [2.05, 4.69) is 9.97 Å². The molecule has 92 valence electrons. The van der Waals surface area contributed by atoms with Gasteiger partial charge in [0.25, 0.3) is 5.56 Å². The number of fused-ring (bicyclic) bond motifs is 1. The van der Waals surface area contributed by atoms with Gasteiger partial charge < -0.3 is 9.72 Å². The fourth-order valence-electron chi connectivity index (χ4n) is 2.42. The van der Waals surface area contributed by atoms with Crippen LogP contribution in [0.4, 0.5) is 0 Å². The first-order valence-corrected chi connectivity index (χ1v) is 7.31. The third-order valence-corrected chi connectivity index (χ3v) is 4.32. The Balaban J connectivity index is 1.95. The molecule has 1 fully saturated rings. The molecule has 1 aromatic heterocycles. The molecule has 0 saturated carbocycles. The molecular weight excluding hydrogens is 236 g/mol. The van der Waals surface area contributed by atoms with Crippen LogP contribution in [0.1, 0.15) is 36.0 Å². The monoisotopic (exact) mass is 252 g/mol. The highest BCUT2D eigenvalue weighted by Crippen LogP contribution is 2.25. The fraction of sp³-hybridized carbons (Fsp3) is 0.667. The van der Waals surface area contributed by atoms with Crippen LogP contribution in [-0.2, 0) is 17.6 Å². The number of aromatic nitrogens is 2. The molecule has 5 heteroatoms. The normalized spacial score (nSPS) is 24.4. The van der Waals surface area contributed by atoms with Crippen LogP contribution in [0.5, 0.6) is 0 Å². The second-order valence-electron chi connectivity index (χ2n) is 4.52. The largest absolute Gasteiger partial charge is 0.369 e. The van der Waals surface area contributed by atoms with Crippen molar-refractivity contribution in [2.24, 2.45) is 0 Å². The summed E-state index contributed by atoms with van der Waals surface area (Å²) in [5.74, 6) is 2.65. The second kappa shape index (κ2) is 4.82. The van der Waals surface area contributed by atoms with Crippen molar-refractivity contribution in [2.45, 2.75) is 31.8 Å². The predicted molar refractivity (Wildman–Crippen MR) is 67.5 cm³/mol. The highest BCUT2D eigenvalue weighted by Gasteiger charge is 2.22. The van der Waals surface area contributed by atoms with E-state index in [4.69, 9.17) is 4.74 Å². The third kappa shape index (κ3) is 2.26. The summed E-state index contributed by atoms with van der Waals surface area (Å²) in [7, 11) is 0. The first-order valence-electron chi connectivity index (χ1n) is 6.16. The summed E-state index contributed by atoms with van der Waals surface area (Å²) in [4.78, 5) is 19.5. The van der Waals surface area contributed by atoms with Gasteiger partial charge in [0.2, 0.25) is 0 Å². The number of hydrogen-bond donors (Lipinski definition) is 1. The van der Waals surface area contributed by atoms with Gasteiger partial charge in [0.05, 0.1) is 12.3 Å². The van der Waals surface area contributed by atoms with Crippen LogP contribution >= 0.6 is 11.8 Å². The maximum absolute atomic E-state index is 12.0. The van der Waals surface area contributed by atoms with E-state index in [-0.39, 0.29) is 11.7 Å². The van der Waals surface area contributed by atoms with Crippen LogP contribution in [0.25, 0.3) is 0 Å². The molecule has 0 amide bonds. The summed E-state index contributed by atoms with van der Waals surface area (Å²) in [5.41, 5.74) is 1.93. The molecule has 0 aromatic carbocycles. The van der Waals surface area contributed by atoms with E-state index in [1.165, 1.54) is 0 Å². The van der Waals surface area contributed by atoms with Crippen LogP contribution in [0.15, 0.2) is 4.79 Å². The van der Waals surface area contributed by atoms with Crippen molar-refractivity contribution in [3.8, 4) is 0 Å². The molecule has 0 radical (unpaired) electrons. The van der Waals surface area contributed by atoms with Crippen LogP contribution < -0.4 is 5.56 Å². The lowest BCUT2D eigenvalue weighted by atomic mass is 9.97. The van der Waals surface area contributed by atoms with Crippen molar-refractivity contribution >= 4 is 11.8 Å². The standard InChI is InChI=1S/C12H16N2O2S/c15-12-8-3-1-2-4-9(8)13-11(14-12)10-7-17-6-5-16-10/h10H,1-7H2,(H,13,14,15). The predicted octanol–water partition coefficient (Wildman–Crippen LogP) is 1.45. The van der Waals surface area contributed by atoms with E-state index in [0.29, 0.717) is 0 Å². The van der Waals surface area contributed by atoms with E-state index in [9.17, 15) is 4.79 Å². The van der Waals surface area contributed by atoms with Gasteiger partial charge in [-0.2, -0.15) is 11.8 Å². The lowest BCUT2D eigenvalue weighted by Gasteiger charge is -2.23. The Labute approximate surface area is 104 Å². The summed E-state index contributed by atoms with van der Waals surface area (Å²) in [6.07, 6.45) is 4.02. The molecule has 17 heavy (non-hydrogen) atoms. The molecule has 2 heterocycles. The van der Waals surface area contributed by atoms with E-state index in [1.54, 1.807) is 0 Å². The Bertz CT molecular complexity index is 466. The van der Waals surface area contributed by atoms with E-state index < -0.39 is 0 Å². The summed E-state index contributed by atoms with van der Waals surface area (Å²) in [6, 6.07) is 0. The molecule has 3 rings (SSSR count). The molecule has 1 N–H and O–H groups in total. The minimum atomic E-state index is -0.0336. The molecule has 1 saturated heterocycles. The zero-order valence-corrected chi connectivity index (χ0v) is 10.5. The van der Waals surface area contributed by atoms with Gasteiger partial charge in [-0.15, -0.1) is 0 Å². The molecule has 2 aliphatic rings. The number of rotatable bonds is 1. The summed E-state index contributed by atoms with van der Waals surface area (Å²) in [6.45, 7) is 0.746. The molecule has 4 nitrogen and oxygen atoms in total. The maximum atomic E-state index is 12.0. The zero-order valence-electron chi connectivity index (χ0n) is 9.70. The Morgan fingerprint density at radius 3 is 3.06 bits per heavy atom. The fourth-order valence-corrected chi connectivity index (χ4v) is 3.27. The van der Waals surface area contributed by atoms with Gasteiger partial charge in [0.15, 0.2) is 0 Å². The number of aryl methyl sites for hydroxylation is 1. The van der Waals surface area contributed by atoms with Crippen molar-refractivity contribution in [1.29, 1.82) is 0 Å². The topological polar surface area (TPSA) is 55.0 Å². The second-order valence-corrected chi connectivity index (χ2v) is 5.67. The van der Waals surface area contributed by atoms with Gasteiger partial charge in [-0.3, -0.25) is 4.79 Å². The number of nitrogens with one attached hydrogen (secondary N) is 1. The SMILES string of the molecule is O=c1[nH]c(C2CSCCO2)nc2c1CCCC2. The highest BCUT2D eigenvalue weighted by molar-refractivity contribution is 7.99. The Morgan fingerprint density at radius 1 is 1.35 bits per heavy atom. The van der Waals surface area contributed by atoms with Crippen LogP contribution in [0.2, 0.25) is 0 Å². The number of hydrogen-bond acceptors (Lipinski definition) is 4. The van der Waals surface area contributed by atoms with Gasteiger partial charge in [-0.1, -0.05) is 0 Å². The summed E-state index contributed by atoms with van der Waals surface area (Å²) < 4.78 is 5.66. The van der Waals surface area contributed by atoms with Crippen molar-refractivity contribution in [3.05, 3.63) is 27.4 Å². The van der Waals surface area contributed by atoms with Crippen molar-refractivity contribution in [1.82, 2.24) is 9.97 Å². The number of ether oxygens (including phenoxy) is 1. The molecule has 0 bridgehead atoms. The molecule has 1 aromatic rings. The molecule has 1 atom stereocenters. The smallest absolute Gasteiger partial charge is 0.254 e. The molecule has 1 aliphatic carbocycles. The van der Waals surface area contributed by atoms with Gasteiger partial charge in [-0.05, 0) is 25.7 Å². The minimum absolute atomic E-state index is 0.0336. The van der Waals surface area contributed by atoms with Crippen LogP contribution in [-0.4, -0.2) is 28.1 Å². The molecule has 1 aliphatic heterocycles. The van der Waals surface area contributed by atoms with Gasteiger partial charge >= 0.3 is 0 Å². The van der Waals surface area contributed by atoms with Gasteiger partial charge in [0, 0.05) is 17.1 Å². The van der Waals surface area contributed by atoms with Gasteiger partial charge in [0.1, 0.15) is 11.9 Å². The molecule has 1 unspecified atom stereocenters. The average Bonchev–Trinajstić information content (AvgIpc) is 2.40. The highest BCUT2D eigenvalue weighted by atomic mass is 32.2. The van der Waals surface area contributed by atoms with Crippen LogP contribution in [0.3, 0.4) is 0 Å². The Morgan fingerprint density at radius 2 is 2.24 bits per heavy atom. The lowest BCUT2D eigenvalue weighted by Crippen LogP contribution is -2.27. The Hall–Kier alpha value is -0.810.